The van der Waals surface area contributed by atoms with E-state index in [1.165, 1.54) is 0 Å². The van der Waals surface area contributed by atoms with Crippen molar-refractivity contribution in [1.29, 1.82) is 0 Å². The minimum atomic E-state index is -0.392. The number of nitrogens with one attached hydrogen (secondary N) is 1. The minimum absolute atomic E-state index is 0.0275. The van der Waals surface area contributed by atoms with Crippen molar-refractivity contribution in [3.8, 4) is 17.0 Å². The Morgan fingerprint density at radius 1 is 1.41 bits per heavy atom. The van der Waals surface area contributed by atoms with Gasteiger partial charge in [-0.1, -0.05) is 16.8 Å². The SMILES string of the molecule is Cc1noc(C)c1-c1cc(O[C@@H]2CCN(c3cn[nH]c(=O)c3Cl)C2)ccn1. The molecule has 9 heteroatoms. The average molecular weight is 388 g/mol. The molecule has 0 radical (unpaired) electrons. The van der Waals surface area contributed by atoms with Gasteiger partial charge in [0, 0.05) is 25.2 Å². The molecule has 0 aromatic carbocycles. The quantitative estimate of drug-likeness (QED) is 0.735. The number of nitrogens with zero attached hydrogens (tertiary/aromatic N) is 4. The van der Waals surface area contributed by atoms with Crippen molar-refractivity contribution in [3.05, 3.63) is 51.4 Å². The number of aromatic amines is 1. The van der Waals surface area contributed by atoms with Crippen LogP contribution in [0.3, 0.4) is 0 Å². The lowest BCUT2D eigenvalue weighted by molar-refractivity contribution is 0.225. The highest BCUT2D eigenvalue weighted by atomic mass is 35.5. The Labute approximate surface area is 160 Å². The summed E-state index contributed by atoms with van der Waals surface area (Å²) < 4.78 is 11.4. The molecule has 140 valence electrons. The van der Waals surface area contributed by atoms with E-state index in [1.807, 2.05) is 30.9 Å². The molecule has 1 N–H and O–H groups in total. The third kappa shape index (κ3) is 3.40. The van der Waals surface area contributed by atoms with E-state index in [2.05, 4.69) is 20.3 Å². The second-order valence-corrected chi connectivity index (χ2v) is 6.83. The summed E-state index contributed by atoms with van der Waals surface area (Å²) >= 11 is 6.10. The van der Waals surface area contributed by atoms with E-state index in [1.54, 1.807) is 12.4 Å². The number of H-pyrrole nitrogens is 1. The van der Waals surface area contributed by atoms with Crippen LogP contribution in [0.2, 0.25) is 5.02 Å². The molecule has 3 aromatic heterocycles. The molecule has 0 bridgehead atoms. The Morgan fingerprint density at radius 2 is 2.26 bits per heavy atom. The van der Waals surface area contributed by atoms with Crippen molar-refractivity contribution < 1.29 is 9.26 Å². The Bertz CT molecular complexity index is 1010. The lowest BCUT2D eigenvalue weighted by atomic mass is 10.1. The summed E-state index contributed by atoms with van der Waals surface area (Å²) in [6.07, 6.45) is 4.06. The first kappa shape index (κ1) is 17.5. The van der Waals surface area contributed by atoms with Gasteiger partial charge in [0.2, 0.25) is 0 Å². The number of halogens is 1. The lowest BCUT2D eigenvalue weighted by Gasteiger charge is -2.19. The van der Waals surface area contributed by atoms with E-state index in [4.69, 9.17) is 20.9 Å². The molecule has 4 heterocycles. The summed E-state index contributed by atoms with van der Waals surface area (Å²) in [4.78, 5) is 18.1. The van der Waals surface area contributed by atoms with Crippen molar-refractivity contribution in [2.24, 2.45) is 0 Å². The van der Waals surface area contributed by atoms with Crippen molar-refractivity contribution in [2.75, 3.05) is 18.0 Å². The molecule has 0 amide bonds. The molecule has 27 heavy (non-hydrogen) atoms. The molecule has 4 rings (SSSR count). The van der Waals surface area contributed by atoms with Gasteiger partial charge in [-0.3, -0.25) is 9.78 Å². The zero-order valence-corrected chi connectivity index (χ0v) is 15.7. The van der Waals surface area contributed by atoms with Crippen LogP contribution in [-0.4, -0.2) is 39.5 Å². The van der Waals surface area contributed by atoms with Crippen LogP contribution >= 0.6 is 11.6 Å². The van der Waals surface area contributed by atoms with Gasteiger partial charge >= 0.3 is 0 Å². The Kier molecular flexibility index (Phi) is 4.57. The first-order valence-electron chi connectivity index (χ1n) is 8.57. The number of hydrogen-bond acceptors (Lipinski definition) is 7. The Balaban J connectivity index is 1.50. The maximum absolute atomic E-state index is 11.6. The number of anilines is 1. The number of aryl methyl sites for hydroxylation is 2. The molecular weight excluding hydrogens is 370 g/mol. The van der Waals surface area contributed by atoms with E-state index in [0.717, 1.165) is 41.4 Å². The topological polar surface area (TPSA) is 97.1 Å². The fourth-order valence-electron chi connectivity index (χ4n) is 3.30. The van der Waals surface area contributed by atoms with E-state index >= 15 is 0 Å². The van der Waals surface area contributed by atoms with Gasteiger partial charge in [0.25, 0.3) is 5.56 Å². The summed E-state index contributed by atoms with van der Waals surface area (Å²) in [5, 5.41) is 10.3. The molecule has 0 aliphatic carbocycles. The van der Waals surface area contributed by atoms with Gasteiger partial charge in [-0.15, -0.1) is 0 Å². The molecule has 3 aromatic rings. The summed E-state index contributed by atoms with van der Waals surface area (Å²) in [6, 6.07) is 3.71. The summed E-state index contributed by atoms with van der Waals surface area (Å²) in [7, 11) is 0. The van der Waals surface area contributed by atoms with E-state index in [-0.39, 0.29) is 11.1 Å². The largest absolute Gasteiger partial charge is 0.488 e. The predicted octanol–water partition coefficient (Wildman–Crippen LogP) is 2.75. The normalized spacial score (nSPS) is 16.7. The van der Waals surface area contributed by atoms with Crippen molar-refractivity contribution in [2.45, 2.75) is 26.4 Å². The van der Waals surface area contributed by atoms with E-state index in [9.17, 15) is 4.79 Å². The maximum Gasteiger partial charge on any atom is 0.285 e. The summed E-state index contributed by atoms with van der Waals surface area (Å²) in [5.74, 6) is 1.45. The van der Waals surface area contributed by atoms with Gasteiger partial charge in [0.1, 0.15) is 22.6 Å². The van der Waals surface area contributed by atoms with E-state index < -0.39 is 5.56 Å². The van der Waals surface area contributed by atoms with Crippen LogP contribution in [0, 0.1) is 13.8 Å². The third-order valence-electron chi connectivity index (χ3n) is 4.59. The first-order chi connectivity index (χ1) is 13.0. The second kappa shape index (κ2) is 7.03. The highest BCUT2D eigenvalue weighted by Crippen LogP contribution is 2.30. The zero-order valence-electron chi connectivity index (χ0n) is 14.9. The molecular formula is C18H18ClN5O3. The number of pyridine rings is 1. The standard InChI is InChI=1S/C18H18ClN5O3/c1-10-16(11(2)27-23-10)14-7-12(3-5-20-14)26-13-4-6-24(9-13)15-8-21-22-18(25)17(15)19/h3,5,7-8,13H,4,6,9H2,1-2H3,(H,22,25)/t13-/m1/s1. The number of aromatic nitrogens is 4. The fraction of sp³-hybridized carbons (Fsp3) is 0.333. The van der Waals surface area contributed by atoms with Gasteiger partial charge < -0.3 is 14.2 Å². The van der Waals surface area contributed by atoms with Crippen LogP contribution < -0.4 is 15.2 Å². The van der Waals surface area contributed by atoms with Crippen LogP contribution in [0.1, 0.15) is 17.9 Å². The van der Waals surface area contributed by atoms with Crippen LogP contribution in [0.25, 0.3) is 11.3 Å². The molecule has 0 spiro atoms. The highest BCUT2D eigenvalue weighted by Gasteiger charge is 2.27. The van der Waals surface area contributed by atoms with Gasteiger partial charge in [-0.05, 0) is 19.9 Å². The second-order valence-electron chi connectivity index (χ2n) is 6.45. The first-order valence-corrected chi connectivity index (χ1v) is 8.95. The molecule has 1 aliphatic heterocycles. The van der Waals surface area contributed by atoms with Crippen LogP contribution in [0.4, 0.5) is 5.69 Å². The van der Waals surface area contributed by atoms with Gasteiger partial charge in [0.05, 0.1) is 35.4 Å². The minimum Gasteiger partial charge on any atom is -0.488 e. The molecule has 0 unspecified atom stereocenters. The molecule has 0 saturated carbocycles. The van der Waals surface area contributed by atoms with Gasteiger partial charge in [0.15, 0.2) is 0 Å². The fourth-order valence-corrected chi connectivity index (χ4v) is 3.51. The van der Waals surface area contributed by atoms with Crippen LogP contribution in [-0.2, 0) is 0 Å². The molecule has 8 nitrogen and oxygen atoms in total. The zero-order chi connectivity index (χ0) is 19.0. The van der Waals surface area contributed by atoms with Gasteiger partial charge in [-0.2, -0.15) is 5.10 Å². The van der Waals surface area contributed by atoms with E-state index in [0.29, 0.717) is 12.2 Å². The number of ether oxygens (including phenoxy) is 1. The highest BCUT2D eigenvalue weighted by molar-refractivity contribution is 6.33. The number of rotatable bonds is 4. The monoisotopic (exact) mass is 387 g/mol. The Hall–Kier alpha value is -2.87. The molecule has 1 fully saturated rings. The molecule has 1 saturated heterocycles. The van der Waals surface area contributed by atoms with Gasteiger partial charge in [-0.25, -0.2) is 5.10 Å². The average Bonchev–Trinajstić information content (AvgIpc) is 3.24. The van der Waals surface area contributed by atoms with Crippen molar-refractivity contribution in [3.63, 3.8) is 0 Å². The molecule has 1 atom stereocenters. The smallest absolute Gasteiger partial charge is 0.285 e. The van der Waals surface area contributed by atoms with Crippen molar-refractivity contribution in [1.82, 2.24) is 20.3 Å². The summed E-state index contributed by atoms with van der Waals surface area (Å²) in [5.41, 5.74) is 2.67. The summed E-state index contributed by atoms with van der Waals surface area (Å²) in [6.45, 7) is 5.10. The molecule has 1 aliphatic rings. The maximum atomic E-state index is 11.6. The Morgan fingerprint density at radius 3 is 3.04 bits per heavy atom. The predicted molar refractivity (Wildman–Crippen MR) is 100 cm³/mol. The number of hydrogen-bond donors (Lipinski definition) is 1. The lowest BCUT2D eigenvalue weighted by Crippen LogP contribution is -2.26. The van der Waals surface area contributed by atoms with Crippen LogP contribution in [0.5, 0.6) is 5.75 Å². The van der Waals surface area contributed by atoms with Crippen molar-refractivity contribution >= 4 is 17.3 Å². The third-order valence-corrected chi connectivity index (χ3v) is 4.95. The van der Waals surface area contributed by atoms with Crippen LogP contribution in [0.15, 0.2) is 33.8 Å².